The highest BCUT2D eigenvalue weighted by Gasteiger charge is 2.19. The Morgan fingerprint density at radius 3 is 2.44 bits per heavy atom. The van der Waals surface area contributed by atoms with Gasteiger partial charge in [0, 0.05) is 16.6 Å². The highest BCUT2D eigenvalue weighted by Crippen LogP contribution is 2.24. The van der Waals surface area contributed by atoms with Gasteiger partial charge in [0.15, 0.2) is 0 Å². The Kier molecular flexibility index (Phi) is 7.68. The molecule has 1 atom stereocenters. The summed E-state index contributed by atoms with van der Waals surface area (Å²) in [7, 11) is 0. The third-order valence-electron chi connectivity index (χ3n) is 5.96. The van der Waals surface area contributed by atoms with E-state index in [-0.39, 0.29) is 11.9 Å². The van der Waals surface area contributed by atoms with Crippen LogP contribution in [0, 0.1) is 13.8 Å². The van der Waals surface area contributed by atoms with Gasteiger partial charge in [-0.25, -0.2) is 4.98 Å². The summed E-state index contributed by atoms with van der Waals surface area (Å²) in [5.74, 6) is 1.74. The average molecular weight is 520 g/mol. The number of unbranched alkanes of at least 4 members (excludes halogenated alkanes) is 1. The number of rotatable bonds is 9. The number of halogens is 1. The SMILES string of the molecule is Cc1cccc(C)c1OCCCCn1c(C(C)NC(=O)c2ccc(Br)cc2)nc2ccccc21. The van der Waals surface area contributed by atoms with Gasteiger partial charge in [0.05, 0.1) is 23.7 Å². The van der Waals surface area contributed by atoms with Gasteiger partial charge in [0.1, 0.15) is 11.6 Å². The highest BCUT2D eigenvalue weighted by molar-refractivity contribution is 9.10. The average Bonchev–Trinajstić information content (AvgIpc) is 3.19. The van der Waals surface area contributed by atoms with E-state index >= 15 is 0 Å². The Bertz CT molecular complexity index is 1260. The van der Waals surface area contributed by atoms with E-state index in [1.165, 1.54) is 11.1 Å². The summed E-state index contributed by atoms with van der Waals surface area (Å²) < 4.78 is 9.24. The number of aromatic nitrogens is 2. The number of imidazole rings is 1. The first-order chi connectivity index (χ1) is 16.4. The van der Waals surface area contributed by atoms with Crippen molar-refractivity contribution in [3.8, 4) is 5.75 Å². The van der Waals surface area contributed by atoms with Crippen LogP contribution in [-0.2, 0) is 6.54 Å². The number of fused-ring (bicyclic) bond motifs is 1. The van der Waals surface area contributed by atoms with Crippen LogP contribution in [0.4, 0.5) is 0 Å². The molecular weight excluding hydrogens is 490 g/mol. The van der Waals surface area contributed by atoms with Crippen molar-refractivity contribution < 1.29 is 9.53 Å². The zero-order valence-electron chi connectivity index (χ0n) is 19.8. The van der Waals surface area contributed by atoms with E-state index in [9.17, 15) is 4.79 Å². The maximum Gasteiger partial charge on any atom is 0.251 e. The van der Waals surface area contributed by atoms with E-state index in [4.69, 9.17) is 9.72 Å². The molecule has 0 aliphatic heterocycles. The third-order valence-corrected chi connectivity index (χ3v) is 6.49. The van der Waals surface area contributed by atoms with Gasteiger partial charge in [-0.1, -0.05) is 46.3 Å². The van der Waals surface area contributed by atoms with Gasteiger partial charge in [-0.2, -0.15) is 0 Å². The molecule has 176 valence electrons. The molecule has 0 spiro atoms. The monoisotopic (exact) mass is 519 g/mol. The zero-order chi connectivity index (χ0) is 24.1. The molecular formula is C28H30BrN3O2. The number of aryl methyl sites for hydroxylation is 3. The lowest BCUT2D eigenvalue weighted by molar-refractivity contribution is 0.0937. The fourth-order valence-corrected chi connectivity index (χ4v) is 4.44. The van der Waals surface area contributed by atoms with Crippen molar-refractivity contribution in [2.75, 3.05) is 6.61 Å². The lowest BCUT2D eigenvalue weighted by Crippen LogP contribution is -2.28. The molecule has 0 aliphatic rings. The minimum absolute atomic E-state index is 0.111. The molecule has 5 nitrogen and oxygen atoms in total. The molecule has 0 radical (unpaired) electrons. The van der Waals surface area contributed by atoms with Gasteiger partial charge in [0.2, 0.25) is 0 Å². The zero-order valence-corrected chi connectivity index (χ0v) is 21.4. The Morgan fingerprint density at radius 2 is 1.71 bits per heavy atom. The van der Waals surface area contributed by atoms with Crippen molar-refractivity contribution in [2.24, 2.45) is 0 Å². The topological polar surface area (TPSA) is 56.1 Å². The van der Waals surface area contributed by atoms with Crippen LogP contribution in [0.1, 0.15) is 53.1 Å². The van der Waals surface area contributed by atoms with Gasteiger partial charge in [-0.15, -0.1) is 0 Å². The van der Waals surface area contributed by atoms with Crippen LogP contribution in [0.25, 0.3) is 11.0 Å². The van der Waals surface area contributed by atoms with Crippen molar-refractivity contribution in [1.29, 1.82) is 0 Å². The molecule has 34 heavy (non-hydrogen) atoms. The number of amides is 1. The predicted molar refractivity (Wildman–Crippen MR) is 140 cm³/mol. The van der Waals surface area contributed by atoms with E-state index in [2.05, 4.69) is 63.9 Å². The molecule has 3 aromatic carbocycles. The summed E-state index contributed by atoms with van der Waals surface area (Å²) in [5.41, 5.74) is 4.98. The normalized spacial score (nSPS) is 12.0. The molecule has 1 unspecified atom stereocenters. The summed E-state index contributed by atoms with van der Waals surface area (Å²) in [4.78, 5) is 17.6. The summed E-state index contributed by atoms with van der Waals surface area (Å²) in [5, 5.41) is 3.11. The van der Waals surface area contributed by atoms with Crippen molar-refractivity contribution in [2.45, 2.75) is 46.2 Å². The maximum atomic E-state index is 12.8. The molecule has 6 heteroatoms. The first-order valence-electron chi connectivity index (χ1n) is 11.6. The van der Waals surface area contributed by atoms with Crippen molar-refractivity contribution >= 4 is 32.9 Å². The molecule has 0 saturated carbocycles. The van der Waals surface area contributed by atoms with Crippen molar-refractivity contribution in [3.63, 3.8) is 0 Å². The Morgan fingerprint density at radius 1 is 1.00 bits per heavy atom. The number of nitrogens with zero attached hydrogens (tertiary/aromatic N) is 2. The highest BCUT2D eigenvalue weighted by atomic mass is 79.9. The first kappa shape index (κ1) is 24.0. The molecule has 0 saturated heterocycles. The van der Waals surface area contributed by atoms with E-state index in [0.29, 0.717) is 12.2 Å². The lowest BCUT2D eigenvalue weighted by Gasteiger charge is -2.17. The number of carbonyl (C=O) groups excluding carboxylic acids is 1. The first-order valence-corrected chi connectivity index (χ1v) is 12.4. The Balaban J connectivity index is 1.43. The predicted octanol–water partition coefficient (Wildman–Crippen LogP) is 6.77. The Hall–Kier alpha value is -3.12. The molecule has 0 fully saturated rings. The molecule has 4 aromatic rings. The fourth-order valence-electron chi connectivity index (χ4n) is 4.18. The number of carbonyl (C=O) groups is 1. The van der Waals surface area contributed by atoms with Gasteiger partial charge in [0.25, 0.3) is 5.91 Å². The Labute approximate surface area is 209 Å². The second-order valence-electron chi connectivity index (χ2n) is 8.59. The summed E-state index contributed by atoms with van der Waals surface area (Å²) in [6, 6.07) is 21.5. The maximum absolute atomic E-state index is 12.8. The van der Waals surface area contributed by atoms with Crippen LogP contribution in [0.3, 0.4) is 0 Å². The van der Waals surface area contributed by atoms with Gasteiger partial charge in [-0.05, 0) is 81.1 Å². The number of hydrogen-bond donors (Lipinski definition) is 1. The number of para-hydroxylation sites is 3. The number of nitrogens with one attached hydrogen (secondary N) is 1. The van der Waals surface area contributed by atoms with Crippen LogP contribution >= 0.6 is 15.9 Å². The molecule has 0 bridgehead atoms. The fraction of sp³-hybridized carbons (Fsp3) is 0.286. The standard InChI is InChI=1S/C28H30BrN3O2/c1-19-9-8-10-20(2)26(19)34-18-7-6-17-32-25-12-5-4-11-24(25)31-27(32)21(3)30-28(33)22-13-15-23(29)16-14-22/h4-5,8-16,21H,6-7,17-18H2,1-3H3,(H,30,33). The van der Waals surface area contributed by atoms with E-state index in [0.717, 1.165) is 46.5 Å². The summed E-state index contributed by atoms with van der Waals surface area (Å²) >= 11 is 3.41. The van der Waals surface area contributed by atoms with E-state index < -0.39 is 0 Å². The van der Waals surface area contributed by atoms with Crippen LogP contribution in [0.2, 0.25) is 0 Å². The summed E-state index contributed by atoms with van der Waals surface area (Å²) in [6.07, 6.45) is 1.88. The van der Waals surface area contributed by atoms with Crippen LogP contribution in [0.5, 0.6) is 5.75 Å². The number of ether oxygens (including phenoxy) is 1. The van der Waals surface area contributed by atoms with Gasteiger partial charge >= 0.3 is 0 Å². The largest absolute Gasteiger partial charge is 0.493 e. The molecule has 1 amide bonds. The van der Waals surface area contributed by atoms with Crippen LogP contribution in [0.15, 0.2) is 71.2 Å². The molecule has 4 rings (SSSR count). The second-order valence-corrected chi connectivity index (χ2v) is 9.50. The number of hydrogen-bond acceptors (Lipinski definition) is 3. The minimum Gasteiger partial charge on any atom is -0.493 e. The van der Waals surface area contributed by atoms with Crippen LogP contribution in [-0.4, -0.2) is 22.1 Å². The van der Waals surface area contributed by atoms with E-state index in [1.54, 1.807) is 0 Å². The van der Waals surface area contributed by atoms with Crippen LogP contribution < -0.4 is 10.1 Å². The summed E-state index contributed by atoms with van der Waals surface area (Å²) in [6.45, 7) is 7.62. The number of benzene rings is 3. The lowest BCUT2D eigenvalue weighted by atomic mass is 10.1. The molecule has 1 N–H and O–H groups in total. The third kappa shape index (κ3) is 5.50. The molecule has 0 aliphatic carbocycles. The molecule has 1 heterocycles. The quantitative estimate of drug-likeness (QED) is 0.248. The van der Waals surface area contributed by atoms with Gasteiger partial charge < -0.3 is 14.6 Å². The van der Waals surface area contributed by atoms with Crippen molar-refractivity contribution in [3.05, 3.63) is 93.7 Å². The van der Waals surface area contributed by atoms with Crippen molar-refractivity contribution in [1.82, 2.24) is 14.9 Å². The smallest absolute Gasteiger partial charge is 0.251 e. The van der Waals surface area contributed by atoms with E-state index in [1.807, 2.05) is 49.4 Å². The molecule has 1 aromatic heterocycles. The second kappa shape index (κ2) is 10.9. The van der Waals surface area contributed by atoms with Gasteiger partial charge in [-0.3, -0.25) is 4.79 Å². The minimum atomic E-state index is -0.227.